The number of alkyl halides is 1. The Labute approximate surface area is 167 Å². The van der Waals surface area contributed by atoms with Gasteiger partial charge < -0.3 is 14.8 Å². The van der Waals surface area contributed by atoms with Gasteiger partial charge in [-0.1, -0.05) is 24.8 Å². The van der Waals surface area contributed by atoms with E-state index < -0.39 is 6.17 Å². The molecule has 1 aromatic heterocycles. The first-order valence-electron chi connectivity index (χ1n) is 10.8. The zero-order valence-corrected chi connectivity index (χ0v) is 16.5. The highest BCUT2D eigenvalue weighted by Gasteiger charge is 2.34. The first kappa shape index (κ1) is 18.0. The van der Waals surface area contributed by atoms with Crippen LogP contribution in [0, 0.1) is 0 Å². The Kier molecular flexibility index (Phi) is 4.75. The van der Waals surface area contributed by atoms with E-state index in [0.717, 1.165) is 24.5 Å². The summed E-state index contributed by atoms with van der Waals surface area (Å²) < 4.78 is 16.0. The van der Waals surface area contributed by atoms with Crippen LogP contribution in [0.25, 0.3) is 11.8 Å². The zero-order chi connectivity index (χ0) is 19.1. The van der Waals surface area contributed by atoms with Gasteiger partial charge in [0, 0.05) is 30.7 Å². The quantitative estimate of drug-likeness (QED) is 0.810. The number of hydrogen-bond donors (Lipinski definition) is 1. The van der Waals surface area contributed by atoms with Gasteiger partial charge in [0.15, 0.2) is 0 Å². The van der Waals surface area contributed by atoms with Gasteiger partial charge in [-0.05, 0) is 67.9 Å². The maximum atomic E-state index is 13.7. The van der Waals surface area contributed by atoms with Crippen LogP contribution in [-0.2, 0) is 13.1 Å². The largest absolute Gasteiger partial charge is 0.349 e. The molecule has 3 atom stereocenters. The number of fused-ring (bicyclic) bond motifs is 3. The molecule has 1 fully saturated rings. The van der Waals surface area contributed by atoms with Crippen molar-refractivity contribution in [1.29, 1.82) is 0 Å². The predicted octanol–water partition coefficient (Wildman–Crippen LogP) is 4.82. The van der Waals surface area contributed by atoms with Crippen LogP contribution in [0.5, 0.6) is 0 Å². The third kappa shape index (κ3) is 3.28. The van der Waals surface area contributed by atoms with Crippen molar-refractivity contribution >= 4 is 11.8 Å². The minimum atomic E-state index is -0.848. The fourth-order valence-corrected chi connectivity index (χ4v) is 5.26. The molecule has 4 heteroatoms. The number of rotatable bonds is 4. The highest BCUT2D eigenvalue weighted by Crippen LogP contribution is 2.38. The molecule has 148 valence electrons. The fraction of sp³-hybridized carbons (Fsp3) is 0.500. The van der Waals surface area contributed by atoms with Crippen LogP contribution >= 0.6 is 0 Å². The van der Waals surface area contributed by atoms with E-state index in [1.54, 1.807) is 6.08 Å². The molecule has 4 aliphatic rings. The maximum absolute atomic E-state index is 13.7. The molecule has 5 rings (SSSR count). The second kappa shape index (κ2) is 7.40. The minimum absolute atomic E-state index is 0.499. The Balaban J connectivity index is 1.24. The van der Waals surface area contributed by atoms with Crippen molar-refractivity contribution in [2.75, 3.05) is 6.54 Å². The molecule has 0 radical (unpaired) electrons. The van der Waals surface area contributed by atoms with Crippen molar-refractivity contribution in [1.82, 2.24) is 14.8 Å². The lowest BCUT2D eigenvalue weighted by Crippen LogP contribution is -2.43. The summed E-state index contributed by atoms with van der Waals surface area (Å²) in [5.74, 6) is 0. The molecule has 3 nitrogen and oxygen atoms in total. The normalized spacial score (nSPS) is 29.0. The molecule has 28 heavy (non-hydrogen) atoms. The molecular formula is C24H30FN3. The lowest BCUT2D eigenvalue weighted by molar-refractivity contribution is 0.186. The standard InChI is InChI=1S/C24H30FN3/c1-17-24-13-19-12-20(25)10-11-23(19)28(24)16-27(17)22-9-5-8-21(14-22)26-15-18-6-3-2-4-7-18/h3,6-7,10-11,13,20-22,26H,1-2,4-5,8-9,12,14-16H2. The number of allylic oxidation sites excluding steroid dienone is 3. The van der Waals surface area contributed by atoms with Gasteiger partial charge >= 0.3 is 0 Å². The van der Waals surface area contributed by atoms with E-state index in [2.05, 4.69) is 45.7 Å². The van der Waals surface area contributed by atoms with Crippen molar-refractivity contribution in [2.24, 2.45) is 0 Å². The summed E-state index contributed by atoms with van der Waals surface area (Å²) in [6.07, 6.45) is 17.5. The van der Waals surface area contributed by atoms with E-state index in [1.165, 1.54) is 55.5 Å². The van der Waals surface area contributed by atoms with Gasteiger partial charge in [-0.25, -0.2) is 4.39 Å². The third-order valence-corrected chi connectivity index (χ3v) is 6.79. The molecule has 1 aliphatic heterocycles. The van der Waals surface area contributed by atoms with Crippen LogP contribution < -0.4 is 5.32 Å². The van der Waals surface area contributed by atoms with Crippen LogP contribution in [0.3, 0.4) is 0 Å². The molecule has 1 N–H and O–H groups in total. The van der Waals surface area contributed by atoms with Crippen molar-refractivity contribution < 1.29 is 4.39 Å². The lowest BCUT2D eigenvalue weighted by Gasteiger charge is -2.37. The van der Waals surface area contributed by atoms with Gasteiger partial charge in [0.2, 0.25) is 0 Å². The lowest BCUT2D eigenvalue weighted by atomic mass is 9.89. The summed E-state index contributed by atoms with van der Waals surface area (Å²) in [5, 5.41) is 3.79. The fourth-order valence-electron chi connectivity index (χ4n) is 5.26. The van der Waals surface area contributed by atoms with Crippen molar-refractivity contribution in [3.8, 4) is 0 Å². The molecule has 1 aromatic rings. The second-order valence-electron chi connectivity index (χ2n) is 8.66. The molecule has 2 heterocycles. The van der Waals surface area contributed by atoms with Gasteiger partial charge in [-0.2, -0.15) is 0 Å². The zero-order valence-electron chi connectivity index (χ0n) is 16.5. The van der Waals surface area contributed by atoms with E-state index in [1.807, 2.05) is 6.08 Å². The highest BCUT2D eigenvalue weighted by molar-refractivity contribution is 5.68. The van der Waals surface area contributed by atoms with E-state index >= 15 is 0 Å². The predicted molar refractivity (Wildman–Crippen MR) is 113 cm³/mol. The first-order valence-corrected chi connectivity index (χ1v) is 10.8. The van der Waals surface area contributed by atoms with Gasteiger partial charge in [0.1, 0.15) is 6.17 Å². The molecule has 0 bridgehead atoms. The van der Waals surface area contributed by atoms with E-state index in [0.29, 0.717) is 18.5 Å². The van der Waals surface area contributed by atoms with Gasteiger partial charge in [-0.15, -0.1) is 0 Å². The SMILES string of the molecule is C=C1c2cc3c(n2CN1C1CCCC(NCC2=CCCC=C2)C1)C=CC(F)C3. The van der Waals surface area contributed by atoms with Crippen LogP contribution in [-0.4, -0.2) is 34.3 Å². The van der Waals surface area contributed by atoms with Crippen molar-refractivity contribution in [3.05, 3.63) is 59.5 Å². The van der Waals surface area contributed by atoms with E-state index in [9.17, 15) is 4.39 Å². The average Bonchev–Trinajstić information content (AvgIpc) is 3.23. The van der Waals surface area contributed by atoms with Crippen LogP contribution in [0.4, 0.5) is 4.39 Å². The molecule has 3 unspecified atom stereocenters. The van der Waals surface area contributed by atoms with Crippen molar-refractivity contribution in [3.63, 3.8) is 0 Å². The van der Waals surface area contributed by atoms with Crippen molar-refractivity contribution in [2.45, 2.75) is 69.9 Å². The molecule has 0 amide bonds. The average molecular weight is 380 g/mol. The number of nitrogens with zero attached hydrogens (tertiary/aromatic N) is 2. The Morgan fingerprint density at radius 1 is 1.21 bits per heavy atom. The van der Waals surface area contributed by atoms with Crippen LogP contribution in [0.15, 0.2) is 42.5 Å². The second-order valence-corrected chi connectivity index (χ2v) is 8.66. The summed E-state index contributed by atoms with van der Waals surface area (Å²) in [5.41, 5.74) is 6.02. The number of halogens is 1. The Hall–Kier alpha value is -2.07. The summed E-state index contributed by atoms with van der Waals surface area (Å²) in [6, 6.07) is 3.27. The van der Waals surface area contributed by atoms with E-state index in [4.69, 9.17) is 0 Å². The molecular weight excluding hydrogens is 349 g/mol. The molecule has 0 aromatic carbocycles. The smallest absolute Gasteiger partial charge is 0.123 e. The molecule has 1 saturated carbocycles. The molecule has 0 spiro atoms. The third-order valence-electron chi connectivity index (χ3n) is 6.79. The first-order chi connectivity index (χ1) is 13.7. The van der Waals surface area contributed by atoms with Crippen LogP contribution in [0.2, 0.25) is 0 Å². The summed E-state index contributed by atoms with van der Waals surface area (Å²) in [4.78, 5) is 2.48. The van der Waals surface area contributed by atoms with Gasteiger partial charge in [-0.3, -0.25) is 0 Å². The number of nitrogens with one attached hydrogen (secondary N) is 1. The summed E-state index contributed by atoms with van der Waals surface area (Å²) >= 11 is 0. The minimum Gasteiger partial charge on any atom is -0.349 e. The number of hydrogen-bond acceptors (Lipinski definition) is 2. The van der Waals surface area contributed by atoms with E-state index in [-0.39, 0.29) is 0 Å². The summed E-state index contributed by atoms with van der Waals surface area (Å²) in [7, 11) is 0. The number of aromatic nitrogens is 1. The Morgan fingerprint density at radius 3 is 3.00 bits per heavy atom. The van der Waals surface area contributed by atoms with Gasteiger partial charge in [0.05, 0.1) is 18.1 Å². The van der Waals surface area contributed by atoms with Gasteiger partial charge in [0.25, 0.3) is 0 Å². The van der Waals surface area contributed by atoms with Crippen LogP contribution in [0.1, 0.15) is 55.5 Å². The highest BCUT2D eigenvalue weighted by atomic mass is 19.1. The monoisotopic (exact) mass is 379 g/mol. The molecule has 0 saturated heterocycles. The molecule has 3 aliphatic carbocycles. The Bertz CT molecular complexity index is 859. The summed E-state index contributed by atoms with van der Waals surface area (Å²) in [6.45, 7) is 6.25. The topological polar surface area (TPSA) is 20.2 Å². The maximum Gasteiger partial charge on any atom is 0.123 e. The Morgan fingerprint density at radius 2 is 2.14 bits per heavy atom.